The largest absolute Gasteiger partial charge is 0.506 e. The highest BCUT2D eigenvalue weighted by atomic mass is 35.5. The van der Waals surface area contributed by atoms with Crippen molar-refractivity contribution in [3.63, 3.8) is 0 Å². The minimum Gasteiger partial charge on any atom is -0.506 e. The van der Waals surface area contributed by atoms with Crippen molar-refractivity contribution in [3.8, 4) is 10.8 Å². The van der Waals surface area contributed by atoms with Gasteiger partial charge in [0, 0.05) is 16.0 Å². The van der Waals surface area contributed by atoms with Gasteiger partial charge in [-0.05, 0) is 36.8 Å². The molecule has 3 rings (SSSR count). The van der Waals surface area contributed by atoms with Crippen molar-refractivity contribution in [2.24, 2.45) is 0 Å². The first kappa shape index (κ1) is 15.7. The molecule has 0 saturated heterocycles. The van der Waals surface area contributed by atoms with E-state index >= 15 is 0 Å². The van der Waals surface area contributed by atoms with Crippen molar-refractivity contribution in [2.45, 2.75) is 19.9 Å². The van der Waals surface area contributed by atoms with Gasteiger partial charge in [0.05, 0.1) is 23.5 Å². The van der Waals surface area contributed by atoms with Gasteiger partial charge in [-0.2, -0.15) is 0 Å². The first-order valence-corrected chi connectivity index (χ1v) is 8.06. The molecule has 0 unspecified atom stereocenters. The van der Waals surface area contributed by atoms with Crippen LogP contribution in [0.15, 0.2) is 24.3 Å². The fourth-order valence-electron chi connectivity index (χ4n) is 2.74. The van der Waals surface area contributed by atoms with Crippen molar-refractivity contribution in [1.82, 2.24) is 4.57 Å². The van der Waals surface area contributed by atoms with Crippen molar-refractivity contribution in [3.05, 3.63) is 45.4 Å². The number of aromatic hydroxyl groups is 2. The monoisotopic (exact) mass is 351 g/mol. The number of benzene rings is 1. The number of carbonyl (C=O) groups is 1. The van der Waals surface area contributed by atoms with E-state index in [0.29, 0.717) is 17.5 Å². The summed E-state index contributed by atoms with van der Waals surface area (Å²) in [4.78, 5) is 12.1. The highest BCUT2D eigenvalue weighted by Crippen LogP contribution is 2.35. The molecule has 0 spiro atoms. The molecule has 2 heterocycles. The zero-order valence-electron chi connectivity index (χ0n) is 12.2. The van der Waals surface area contributed by atoms with E-state index in [9.17, 15) is 15.0 Å². The molecule has 3 aromatic rings. The van der Waals surface area contributed by atoms with Crippen LogP contribution in [0.1, 0.15) is 16.1 Å². The zero-order valence-corrected chi connectivity index (χ0v) is 13.8. The Bertz CT molecular complexity index is 913. The highest BCUT2D eigenvalue weighted by Gasteiger charge is 2.19. The van der Waals surface area contributed by atoms with Gasteiger partial charge in [-0.15, -0.1) is 11.3 Å². The number of halogens is 1. The molecule has 0 fully saturated rings. The lowest BCUT2D eigenvalue weighted by molar-refractivity contribution is -0.136. The lowest BCUT2D eigenvalue weighted by Gasteiger charge is -2.07. The van der Waals surface area contributed by atoms with Gasteiger partial charge < -0.3 is 19.9 Å². The Morgan fingerprint density at radius 2 is 2.04 bits per heavy atom. The maximum absolute atomic E-state index is 11.2. The molecule has 5 nitrogen and oxygen atoms in total. The van der Waals surface area contributed by atoms with E-state index in [1.807, 2.05) is 17.6 Å². The minimum atomic E-state index is -0.935. The molecule has 0 amide bonds. The van der Waals surface area contributed by atoms with Crippen LogP contribution >= 0.6 is 22.9 Å². The molecule has 0 bridgehead atoms. The number of nitrogens with zero attached hydrogens (tertiary/aromatic N) is 1. The van der Waals surface area contributed by atoms with Crippen LogP contribution in [0, 0.1) is 6.92 Å². The number of carboxylic acids is 1. The molecule has 0 radical (unpaired) electrons. The van der Waals surface area contributed by atoms with Gasteiger partial charge >= 0.3 is 5.97 Å². The minimum absolute atomic E-state index is 0.0725. The fraction of sp³-hybridized carbons (Fsp3) is 0.188. The number of carboxylic acid groups (broad SMARTS) is 1. The average Bonchev–Trinajstić information content (AvgIpc) is 2.98. The number of thiophene rings is 1. The van der Waals surface area contributed by atoms with Crippen LogP contribution in [0.3, 0.4) is 0 Å². The summed E-state index contributed by atoms with van der Waals surface area (Å²) in [6.07, 6.45) is -0.133. The summed E-state index contributed by atoms with van der Waals surface area (Å²) in [5.41, 5.74) is 2.21. The Kier molecular flexibility index (Phi) is 3.95. The predicted molar refractivity (Wildman–Crippen MR) is 89.8 cm³/mol. The van der Waals surface area contributed by atoms with Crippen LogP contribution in [0.2, 0.25) is 5.02 Å². The van der Waals surface area contributed by atoms with Gasteiger partial charge in [-0.25, -0.2) is 0 Å². The van der Waals surface area contributed by atoms with Gasteiger partial charge in [-0.1, -0.05) is 11.6 Å². The van der Waals surface area contributed by atoms with E-state index in [4.69, 9.17) is 16.7 Å². The third-order valence-electron chi connectivity index (χ3n) is 3.81. The molecule has 0 saturated carbocycles. The molecular formula is C16H14ClNO4S. The standard InChI is InChI=1S/C16H14ClNO4S/c1-8-10(5-15(20)21)11-4-14(19)12(17)6-13(11)18(8)7-9-2-3-16(22)23-9/h2-4,6,19,22H,5,7H2,1H3,(H,20,21). The molecule has 23 heavy (non-hydrogen) atoms. The predicted octanol–water partition coefficient (Wildman–Crippen LogP) is 3.75. The quantitative estimate of drug-likeness (QED) is 0.668. The number of rotatable bonds is 4. The summed E-state index contributed by atoms with van der Waals surface area (Å²) in [5, 5.41) is 29.6. The second-order valence-corrected chi connectivity index (χ2v) is 6.84. The second kappa shape index (κ2) is 5.79. The number of phenolic OH excluding ortho intramolecular Hbond substituents is 1. The van der Waals surface area contributed by atoms with E-state index in [2.05, 4.69) is 0 Å². The molecule has 0 atom stereocenters. The van der Waals surface area contributed by atoms with Gasteiger partial charge in [-0.3, -0.25) is 4.79 Å². The summed E-state index contributed by atoms with van der Waals surface area (Å²) >= 11 is 7.28. The SMILES string of the molecule is Cc1c(CC(=O)O)c2cc(O)c(Cl)cc2n1Cc1ccc(O)s1. The summed E-state index contributed by atoms with van der Waals surface area (Å²) < 4.78 is 1.95. The van der Waals surface area contributed by atoms with Gasteiger partial charge in [0.25, 0.3) is 0 Å². The fourth-order valence-corrected chi connectivity index (χ4v) is 3.63. The van der Waals surface area contributed by atoms with Crippen molar-refractivity contribution < 1.29 is 20.1 Å². The lowest BCUT2D eigenvalue weighted by Crippen LogP contribution is -2.04. The van der Waals surface area contributed by atoms with Crippen LogP contribution in [0.25, 0.3) is 10.9 Å². The van der Waals surface area contributed by atoms with Crippen LogP contribution in [-0.2, 0) is 17.8 Å². The molecule has 3 N–H and O–H groups in total. The van der Waals surface area contributed by atoms with E-state index in [-0.39, 0.29) is 22.3 Å². The Morgan fingerprint density at radius 3 is 2.65 bits per heavy atom. The molecule has 0 aliphatic carbocycles. The van der Waals surface area contributed by atoms with Crippen LogP contribution in [0.5, 0.6) is 10.8 Å². The highest BCUT2D eigenvalue weighted by molar-refractivity contribution is 7.13. The van der Waals surface area contributed by atoms with E-state index < -0.39 is 5.97 Å². The number of aliphatic carboxylic acids is 1. The second-order valence-electron chi connectivity index (χ2n) is 5.28. The van der Waals surface area contributed by atoms with E-state index in [1.54, 1.807) is 12.1 Å². The molecule has 120 valence electrons. The number of aromatic nitrogens is 1. The first-order chi connectivity index (χ1) is 10.9. The summed E-state index contributed by atoms with van der Waals surface area (Å²) in [6.45, 7) is 2.34. The van der Waals surface area contributed by atoms with Crippen LogP contribution < -0.4 is 0 Å². The average molecular weight is 352 g/mol. The van der Waals surface area contributed by atoms with Crippen molar-refractivity contribution >= 4 is 39.8 Å². The molecule has 2 aromatic heterocycles. The first-order valence-electron chi connectivity index (χ1n) is 6.86. The van der Waals surface area contributed by atoms with Crippen LogP contribution in [-0.4, -0.2) is 25.9 Å². The Morgan fingerprint density at radius 1 is 1.30 bits per heavy atom. The zero-order chi connectivity index (χ0) is 16.7. The normalized spacial score (nSPS) is 11.2. The molecule has 1 aromatic carbocycles. The number of hydrogen-bond acceptors (Lipinski definition) is 4. The Labute approximate surface area is 141 Å². The maximum atomic E-state index is 11.2. The summed E-state index contributed by atoms with van der Waals surface area (Å²) in [5.74, 6) is -1.01. The maximum Gasteiger partial charge on any atom is 0.307 e. The molecule has 0 aliphatic rings. The third-order valence-corrected chi connectivity index (χ3v) is 4.99. The van der Waals surface area contributed by atoms with Crippen molar-refractivity contribution in [1.29, 1.82) is 0 Å². The van der Waals surface area contributed by atoms with Gasteiger partial charge in [0.15, 0.2) is 5.06 Å². The smallest absolute Gasteiger partial charge is 0.307 e. The van der Waals surface area contributed by atoms with E-state index in [0.717, 1.165) is 16.1 Å². The topological polar surface area (TPSA) is 82.7 Å². The number of fused-ring (bicyclic) bond motifs is 1. The third kappa shape index (κ3) is 2.87. The van der Waals surface area contributed by atoms with Crippen LogP contribution in [0.4, 0.5) is 0 Å². The molecule has 7 heteroatoms. The van der Waals surface area contributed by atoms with Gasteiger partial charge in [0.1, 0.15) is 5.75 Å². The number of phenols is 1. The molecule has 0 aliphatic heterocycles. The Hall–Kier alpha value is -2.18. The van der Waals surface area contributed by atoms with Crippen molar-refractivity contribution in [2.75, 3.05) is 0 Å². The molecular weight excluding hydrogens is 338 g/mol. The lowest BCUT2D eigenvalue weighted by atomic mass is 10.1. The summed E-state index contributed by atoms with van der Waals surface area (Å²) in [7, 11) is 0. The number of hydrogen-bond donors (Lipinski definition) is 3. The van der Waals surface area contributed by atoms with E-state index in [1.165, 1.54) is 17.4 Å². The Balaban J connectivity index is 2.21. The summed E-state index contributed by atoms with van der Waals surface area (Å²) in [6, 6.07) is 6.59. The van der Waals surface area contributed by atoms with Gasteiger partial charge in [0.2, 0.25) is 0 Å².